The number of aliphatic carboxylic acids is 2. The third kappa shape index (κ3) is 37.9. The van der Waals surface area contributed by atoms with E-state index in [4.69, 9.17) is 43.0 Å². The van der Waals surface area contributed by atoms with Crippen molar-refractivity contribution < 1.29 is 72.1 Å². The lowest BCUT2D eigenvalue weighted by atomic mass is 10.1. The molecule has 17 heteroatoms. The molecule has 0 aromatic rings. The summed E-state index contributed by atoms with van der Waals surface area (Å²) in [4.78, 5) is 56.4. The fourth-order valence-corrected chi connectivity index (χ4v) is 4.99. The number of hydrogen-bond acceptors (Lipinski definition) is 13. The van der Waals surface area contributed by atoms with E-state index in [1.165, 1.54) is 25.7 Å². The minimum Gasteiger partial charge on any atom is -0.481 e. The monoisotopic (exact) mass is 794 g/mol. The molecule has 1 unspecified atom stereocenters. The smallest absolute Gasteiger partial charge is 0.328 e. The van der Waals surface area contributed by atoms with Crippen LogP contribution in [0.4, 0.5) is 0 Å². The molecule has 322 valence electrons. The quantitative estimate of drug-likeness (QED) is 0.0514. The molecule has 0 aromatic heterocycles. The third-order valence-corrected chi connectivity index (χ3v) is 8.01. The van der Waals surface area contributed by atoms with Crippen LogP contribution in [0.15, 0.2) is 0 Å². The van der Waals surface area contributed by atoms with E-state index < -0.39 is 30.0 Å². The first-order valence-corrected chi connectivity index (χ1v) is 19.9. The van der Waals surface area contributed by atoms with Crippen molar-refractivity contribution in [2.24, 2.45) is 0 Å². The Balaban J connectivity index is 3.36. The molecule has 0 fully saturated rings. The lowest BCUT2D eigenvalue weighted by molar-refractivity contribution is -0.147. The van der Waals surface area contributed by atoms with Crippen LogP contribution >= 0.6 is 0 Å². The van der Waals surface area contributed by atoms with Gasteiger partial charge in [-0.3, -0.25) is 14.4 Å². The van der Waals surface area contributed by atoms with Gasteiger partial charge in [0.15, 0.2) is 6.04 Å². The maximum atomic E-state index is 11.9. The van der Waals surface area contributed by atoms with E-state index in [0.717, 1.165) is 38.5 Å². The Morgan fingerprint density at radius 3 is 1.29 bits per heavy atom. The average molecular weight is 795 g/mol. The van der Waals surface area contributed by atoms with Gasteiger partial charge in [-0.05, 0) is 12.8 Å². The molecular weight excluding hydrogens is 724 g/mol. The highest BCUT2D eigenvalue weighted by atomic mass is 16.6. The maximum Gasteiger partial charge on any atom is 0.328 e. The molecule has 55 heavy (non-hydrogen) atoms. The molecule has 17 nitrogen and oxygen atoms in total. The Hall–Kier alpha value is -2.77. The summed E-state index contributed by atoms with van der Waals surface area (Å²) in [5, 5.41) is 23.2. The SMILES string of the molecule is CCC(=O)N[C@H](C(=O)O)C(CC=O)OCCOCCOCCOCCOCCOCCOCCOCCNC(=O)CCCCCCCCCCCCC(=O)O. The Bertz CT molecular complexity index is 944. The zero-order valence-electron chi connectivity index (χ0n) is 33.1. The normalized spacial score (nSPS) is 12.3. The zero-order chi connectivity index (χ0) is 40.5. The average Bonchev–Trinajstić information content (AvgIpc) is 3.16. The second-order valence-electron chi connectivity index (χ2n) is 12.6. The number of ether oxygens (including phenoxy) is 8. The molecule has 0 aromatic carbocycles. The first-order chi connectivity index (χ1) is 26.8. The number of hydrogen-bond donors (Lipinski definition) is 4. The Kier molecular flexibility index (Phi) is 38.8. The van der Waals surface area contributed by atoms with Gasteiger partial charge in [0.05, 0.1) is 105 Å². The highest BCUT2D eigenvalue weighted by Crippen LogP contribution is 2.12. The van der Waals surface area contributed by atoms with Crippen LogP contribution in [-0.2, 0) is 61.9 Å². The molecule has 0 aliphatic rings. The van der Waals surface area contributed by atoms with Crippen LogP contribution in [0.25, 0.3) is 0 Å². The summed E-state index contributed by atoms with van der Waals surface area (Å²) in [6, 6.07) is -1.32. The van der Waals surface area contributed by atoms with Crippen LogP contribution in [-0.4, -0.2) is 158 Å². The van der Waals surface area contributed by atoms with E-state index in [1.54, 1.807) is 6.92 Å². The van der Waals surface area contributed by atoms with Gasteiger partial charge in [0.25, 0.3) is 0 Å². The molecule has 0 rings (SSSR count). The van der Waals surface area contributed by atoms with Gasteiger partial charge in [-0.1, -0.05) is 58.3 Å². The van der Waals surface area contributed by atoms with Crippen molar-refractivity contribution in [3.05, 3.63) is 0 Å². The molecular formula is C38H70N2O15. The van der Waals surface area contributed by atoms with Gasteiger partial charge in [0.2, 0.25) is 11.8 Å². The van der Waals surface area contributed by atoms with Crippen molar-refractivity contribution in [1.82, 2.24) is 10.6 Å². The molecule has 0 aliphatic heterocycles. The number of unbranched alkanes of at least 4 members (excludes halogenated alkanes) is 9. The molecule has 2 amide bonds. The van der Waals surface area contributed by atoms with Gasteiger partial charge in [-0.25, -0.2) is 4.79 Å². The summed E-state index contributed by atoms with van der Waals surface area (Å²) in [6.45, 7) is 7.69. The van der Waals surface area contributed by atoms with Crippen LogP contribution < -0.4 is 10.6 Å². The molecule has 0 saturated carbocycles. The molecule has 0 aliphatic carbocycles. The van der Waals surface area contributed by atoms with Gasteiger partial charge in [0.1, 0.15) is 6.29 Å². The second-order valence-corrected chi connectivity index (χ2v) is 12.6. The van der Waals surface area contributed by atoms with E-state index in [2.05, 4.69) is 10.6 Å². The van der Waals surface area contributed by atoms with E-state index in [-0.39, 0.29) is 38.4 Å². The van der Waals surface area contributed by atoms with Crippen LogP contribution in [0.5, 0.6) is 0 Å². The third-order valence-electron chi connectivity index (χ3n) is 8.01. The molecule has 2 atom stereocenters. The van der Waals surface area contributed by atoms with Crippen LogP contribution in [0.3, 0.4) is 0 Å². The van der Waals surface area contributed by atoms with Crippen molar-refractivity contribution in [2.45, 2.75) is 109 Å². The van der Waals surface area contributed by atoms with Crippen LogP contribution in [0.2, 0.25) is 0 Å². The number of carboxylic acid groups (broad SMARTS) is 2. The highest BCUT2D eigenvalue weighted by Gasteiger charge is 2.30. The number of rotatable bonds is 44. The summed E-state index contributed by atoms with van der Waals surface area (Å²) in [6.07, 6.45) is 11.1. The minimum atomic E-state index is -1.32. The molecule has 0 saturated heterocycles. The molecule has 0 radical (unpaired) electrons. The lowest BCUT2D eigenvalue weighted by Crippen LogP contribution is -2.50. The van der Waals surface area contributed by atoms with E-state index in [1.807, 2.05) is 0 Å². The Morgan fingerprint density at radius 2 is 0.909 bits per heavy atom. The predicted molar refractivity (Wildman–Crippen MR) is 202 cm³/mol. The summed E-state index contributed by atoms with van der Waals surface area (Å²) in [5.74, 6) is -2.38. The zero-order valence-corrected chi connectivity index (χ0v) is 33.1. The topological polar surface area (TPSA) is 224 Å². The van der Waals surface area contributed by atoms with E-state index in [9.17, 15) is 29.1 Å². The van der Waals surface area contributed by atoms with Gasteiger partial charge in [-0.15, -0.1) is 0 Å². The van der Waals surface area contributed by atoms with Crippen LogP contribution in [0, 0.1) is 0 Å². The molecule has 0 spiro atoms. The first kappa shape index (κ1) is 52.2. The number of aldehydes is 1. The van der Waals surface area contributed by atoms with Crippen LogP contribution in [0.1, 0.15) is 96.8 Å². The van der Waals surface area contributed by atoms with Gasteiger partial charge in [-0.2, -0.15) is 0 Å². The summed E-state index contributed by atoms with van der Waals surface area (Å²) in [5.41, 5.74) is 0. The van der Waals surface area contributed by atoms with Gasteiger partial charge >= 0.3 is 11.9 Å². The number of amides is 2. The highest BCUT2D eigenvalue weighted by molar-refractivity contribution is 5.84. The van der Waals surface area contributed by atoms with Crippen molar-refractivity contribution in [3.63, 3.8) is 0 Å². The largest absolute Gasteiger partial charge is 0.481 e. The first-order valence-electron chi connectivity index (χ1n) is 19.9. The lowest BCUT2D eigenvalue weighted by Gasteiger charge is -2.23. The number of carbonyl (C=O) groups excluding carboxylic acids is 3. The van der Waals surface area contributed by atoms with E-state index in [0.29, 0.717) is 105 Å². The van der Waals surface area contributed by atoms with E-state index >= 15 is 0 Å². The summed E-state index contributed by atoms with van der Waals surface area (Å²) in [7, 11) is 0. The summed E-state index contributed by atoms with van der Waals surface area (Å²) < 4.78 is 43.7. The second kappa shape index (κ2) is 40.9. The van der Waals surface area contributed by atoms with Crippen molar-refractivity contribution in [2.75, 3.05) is 106 Å². The fourth-order valence-electron chi connectivity index (χ4n) is 4.99. The number of nitrogens with one attached hydrogen (secondary N) is 2. The van der Waals surface area contributed by atoms with Gasteiger partial charge in [0, 0.05) is 32.2 Å². The van der Waals surface area contributed by atoms with Crippen molar-refractivity contribution in [1.29, 1.82) is 0 Å². The Labute approximate surface area is 327 Å². The minimum absolute atomic E-state index is 0.0542. The fraction of sp³-hybridized carbons (Fsp3) is 0.868. The molecule has 4 N–H and O–H groups in total. The standard InChI is InChI=1S/C38H70N2O15/c1-2-34(42)40-37(38(46)47)33(15-17-41)55-32-31-54-30-29-53-28-27-52-26-25-51-24-23-50-22-21-49-20-19-48-18-16-39-35(43)13-11-9-7-5-3-4-6-8-10-12-14-36(44)45/h17,33,37H,2-16,18-32H2,1H3,(H,39,43)(H,40,42)(H,44,45)(H,46,47)/t33?,37-/m0/s1. The summed E-state index contributed by atoms with van der Waals surface area (Å²) >= 11 is 0. The number of carboxylic acids is 2. The molecule has 0 heterocycles. The van der Waals surface area contributed by atoms with Gasteiger partial charge < -0.3 is 63.5 Å². The number of carbonyl (C=O) groups is 5. The molecule has 0 bridgehead atoms. The van der Waals surface area contributed by atoms with Crippen molar-refractivity contribution in [3.8, 4) is 0 Å². The Morgan fingerprint density at radius 1 is 0.527 bits per heavy atom. The predicted octanol–water partition coefficient (Wildman–Crippen LogP) is 2.94. The van der Waals surface area contributed by atoms with Crippen molar-refractivity contribution >= 4 is 30.0 Å². The maximum absolute atomic E-state index is 11.9.